The van der Waals surface area contributed by atoms with E-state index in [4.69, 9.17) is 13.9 Å². The number of anilines is 1. The Morgan fingerprint density at radius 2 is 1.93 bits per heavy atom. The van der Waals surface area contributed by atoms with Crippen molar-refractivity contribution in [2.75, 3.05) is 5.73 Å². The SMILES string of the molecule is CC(=O)c1ccc([As](=O)(O)O)c(N)c1C. The molecule has 6 heteroatoms. The summed E-state index contributed by atoms with van der Waals surface area (Å²) in [6.45, 7) is 2.95. The van der Waals surface area contributed by atoms with E-state index in [1.165, 1.54) is 19.1 Å². The van der Waals surface area contributed by atoms with Crippen molar-refractivity contribution in [3.05, 3.63) is 23.3 Å². The van der Waals surface area contributed by atoms with Crippen LogP contribution in [-0.4, -0.2) is 28.1 Å². The van der Waals surface area contributed by atoms with Crippen molar-refractivity contribution >= 4 is 30.0 Å². The summed E-state index contributed by atoms with van der Waals surface area (Å²) in [5, 5.41) is 0. The summed E-state index contributed by atoms with van der Waals surface area (Å²) >= 11 is -4.99. The third-order valence-electron chi connectivity index (χ3n) is 2.18. The number of benzene rings is 1. The molecule has 0 amide bonds. The molecule has 4 N–H and O–H groups in total. The summed E-state index contributed by atoms with van der Waals surface area (Å²) in [6, 6.07) is 2.61. The molecule has 0 bridgehead atoms. The molecule has 0 atom stereocenters. The number of carbonyl (C=O) groups is 1. The molecule has 1 aromatic rings. The van der Waals surface area contributed by atoms with Crippen molar-refractivity contribution in [3.63, 3.8) is 0 Å². The third-order valence-corrected chi connectivity index (χ3v) is 4.32. The Balaban J connectivity index is 3.47. The minimum absolute atomic E-state index is 0.00944. The standard InChI is InChI=1S/C9H12AsNO4/c1-5-7(6(2)12)3-4-8(9(5)11)10(13,14)15/h3-4H,11H2,1-2H3,(H2,13,14,15). The summed E-state index contributed by atoms with van der Waals surface area (Å²) in [6.07, 6.45) is 0. The topological polar surface area (TPSA) is 101 Å². The van der Waals surface area contributed by atoms with E-state index in [2.05, 4.69) is 0 Å². The molecule has 0 unspecified atom stereocenters. The van der Waals surface area contributed by atoms with Crippen molar-refractivity contribution in [2.45, 2.75) is 13.8 Å². The first kappa shape index (κ1) is 12.0. The average Bonchev–Trinajstić information content (AvgIpc) is 2.06. The van der Waals surface area contributed by atoms with Crippen LogP contribution in [0.4, 0.5) is 5.69 Å². The molecule has 0 heterocycles. The van der Waals surface area contributed by atoms with E-state index < -0.39 is 14.2 Å². The van der Waals surface area contributed by atoms with Crippen LogP contribution in [-0.2, 0) is 3.74 Å². The second-order valence-corrected chi connectivity index (χ2v) is 6.56. The first-order valence-electron chi connectivity index (χ1n) is 4.21. The maximum atomic E-state index is 11.1. The Kier molecular flexibility index (Phi) is 3.09. The molecule has 0 fully saturated rings. The fourth-order valence-electron chi connectivity index (χ4n) is 1.35. The Bertz CT molecular complexity index is 463. The fraction of sp³-hybridized carbons (Fsp3) is 0.222. The van der Waals surface area contributed by atoms with Crippen molar-refractivity contribution in [2.24, 2.45) is 0 Å². The normalized spacial score (nSPS) is 11.5. The molecule has 0 aliphatic rings. The Morgan fingerprint density at radius 3 is 2.33 bits per heavy atom. The van der Waals surface area contributed by atoms with Gasteiger partial charge in [0, 0.05) is 0 Å². The van der Waals surface area contributed by atoms with Crippen molar-refractivity contribution in [1.29, 1.82) is 0 Å². The first-order valence-corrected chi connectivity index (χ1v) is 7.59. The van der Waals surface area contributed by atoms with E-state index >= 15 is 0 Å². The molecule has 0 aliphatic carbocycles. The van der Waals surface area contributed by atoms with Gasteiger partial charge in [-0.05, 0) is 0 Å². The molecule has 15 heavy (non-hydrogen) atoms. The molecule has 5 nitrogen and oxygen atoms in total. The quantitative estimate of drug-likeness (QED) is 0.377. The molecule has 0 radical (unpaired) electrons. The maximum absolute atomic E-state index is 11.1. The van der Waals surface area contributed by atoms with Crippen LogP contribution in [0.25, 0.3) is 0 Å². The molecule has 82 valence electrons. The molecule has 1 rings (SSSR count). The van der Waals surface area contributed by atoms with Gasteiger partial charge >= 0.3 is 89.6 Å². The Morgan fingerprint density at radius 1 is 1.40 bits per heavy atom. The molecule has 0 aliphatic heterocycles. The summed E-state index contributed by atoms with van der Waals surface area (Å²) in [4.78, 5) is 11.1. The molecular formula is C9H12AsNO4. The molecule has 0 aromatic heterocycles. The van der Waals surface area contributed by atoms with E-state index in [0.29, 0.717) is 11.1 Å². The van der Waals surface area contributed by atoms with Gasteiger partial charge in [-0.15, -0.1) is 0 Å². The number of Topliss-reactive ketones (excluding diaryl/α,β-unsaturated/α-hetero) is 1. The van der Waals surface area contributed by atoms with Gasteiger partial charge in [0.05, 0.1) is 0 Å². The fourth-order valence-corrected chi connectivity index (χ4v) is 2.92. The number of rotatable bonds is 2. The zero-order valence-electron chi connectivity index (χ0n) is 8.39. The van der Waals surface area contributed by atoms with Gasteiger partial charge in [-0.25, -0.2) is 0 Å². The number of hydrogen-bond donors (Lipinski definition) is 3. The van der Waals surface area contributed by atoms with Gasteiger partial charge in [0.1, 0.15) is 0 Å². The number of ketones is 1. The van der Waals surface area contributed by atoms with Crippen LogP contribution in [0, 0.1) is 6.92 Å². The van der Waals surface area contributed by atoms with Crippen LogP contribution in [0.5, 0.6) is 0 Å². The van der Waals surface area contributed by atoms with Crippen molar-refractivity contribution in [1.82, 2.24) is 0 Å². The predicted octanol–water partition coefficient (Wildman–Crippen LogP) is -0.659. The van der Waals surface area contributed by atoms with Crippen LogP contribution >= 0.6 is 0 Å². The van der Waals surface area contributed by atoms with Crippen LogP contribution < -0.4 is 10.1 Å². The van der Waals surface area contributed by atoms with Crippen molar-refractivity contribution in [3.8, 4) is 0 Å². The van der Waals surface area contributed by atoms with Crippen molar-refractivity contribution < 1.29 is 16.7 Å². The van der Waals surface area contributed by atoms with Crippen LogP contribution in [0.2, 0.25) is 0 Å². The zero-order chi connectivity index (χ0) is 11.8. The van der Waals surface area contributed by atoms with E-state index in [1.54, 1.807) is 6.92 Å². The van der Waals surface area contributed by atoms with Gasteiger partial charge in [0.15, 0.2) is 0 Å². The number of nitrogen functional groups attached to an aromatic ring is 1. The Labute approximate surface area is 89.9 Å². The molecular weight excluding hydrogens is 261 g/mol. The molecule has 0 spiro atoms. The summed E-state index contributed by atoms with van der Waals surface area (Å²) in [5.41, 5.74) is 6.40. The van der Waals surface area contributed by atoms with E-state index in [0.717, 1.165) is 0 Å². The number of nitrogens with two attached hydrogens (primary N) is 1. The summed E-state index contributed by atoms with van der Waals surface area (Å²) in [7, 11) is 0. The van der Waals surface area contributed by atoms with Gasteiger partial charge < -0.3 is 0 Å². The van der Waals surface area contributed by atoms with E-state index in [1.807, 2.05) is 0 Å². The minimum atomic E-state index is -4.99. The zero-order valence-corrected chi connectivity index (χ0v) is 10.3. The van der Waals surface area contributed by atoms with Gasteiger partial charge in [0.2, 0.25) is 0 Å². The average molecular weight is 273 g/mol. The first-order chi connectivity index (χ1) is 6.75. The molecule has 0 saturated carbocycles. The second-order valence-electron chi connectivity index (χ2n) is 3.27. The summed E-state index contributed by atoms with van der Waals surface area (Å²) < 4.78 is 29.0. The van der Waals surface area contributed by atoms with Gasteiger partial charge in [-0.3, -0.25) is 0 Å². The summed E-state index contributed by atoms with van der Waals surface area (Å²) in [5.74, 6) is -0.177. The van der Waals surface area contributed by atoms with Crippen LogP contribution in [0.15, 0.2) is 12.1 Å². The van der Waals surface area contributed by atoms with E-state index in [9.17, 15) is 8.53 Å². The van der Waals surface area contributed by atoms with Gasteiger partial charge in [-0.2, -0.15) is 0 Å². The third kappa shape index (κ3) is 2.31. The monoisotopic (exact) mass is 273 g/mol. The molecule has 0 saturated heterocycles. The number of carbonyl (C=O) groups excluding carboxylic acids is 1. The van der Waals surface area contributed by atoms with Gasteiger partial charge in [0.25, 0.3) is 0 Å². The van der Waals surface area contributed by atoms with Gasteiger partial charge in [-0.1, -0.05) is 0 Å². The second kappa shape index (κ2) is 3.85. The van der Waals surface area contributed by atoms with Crippen LogP contribution in [0.3, 0.4) is 0 Å². The predicted molar refractivity (Wildman–Crippen MR) is 56.1 cm³/mol. The Hall–Kier alpha value is -1.03. The van der Waals surface area contributed by atoms with E-state index in [-0.39, 0.29) is 15.8 Å². The van der Waals surface area contributed by atoms with Crippen LogP contribution in [0.1, 0.15) is 22.8 Å². The molecule has 1 aromatic carbocycles. The number of hydrogen-bond acceptors (Lipinski definition) is 3.